The fourth-order valence-corrected chi connectivity index (χ4v) is 7.23. The zero-order valence-corrected chi connectivity index (χ0v) is 34.2. The van der Waals surface area contributed by atoms with Crippen LogP contribution in [0.3, 0.4) is 0 Å². The number of nitrogens with zero attached hydrogens (tertiary/aromatic N) is 4. The molecule has 292 valence electrons. The fraction of sp³-hybridized carbons (Fsp3) is 0.0714. The Morgan fingerprint density at radius 1 is 0.683 bits per heavy atom. The first-order chi connectivity index (χ1) is 29.6. The lowest BCUT2D eigenvalue weighted by atomic mass is 9.92. The summed E-state index contributed by atoms with van der Waals surface area (Å²) in [5.41, 5.74) is 15.0. The van der Waals surface area contributed by atoms with Gasteiger partial charge < -0.3 is 0 Å². The van der Waals surface area contributed by atoms with E-state index >= 15 is 0 Å². The van der Waals surface area contributed by atoms with Gasteiger partial charge in [-0.15, -0.1) is 0 Å². The van der Waals surface area contributed by atoms with Gasteiger partial charge in [0, 0.05) is 28.3 Å². The van der Waals surface area contributed by atoms with Crippen molar-refractivity contribution in [1.82, 2.24) is 4.98 Å². The number of hydrogen-bond acceptors (Lipinski definition) is 4. The van der Waals surface area contributed by atoms with Crippen LogP contribution in [0.15, 0.2) is 221 Å². The first kappa shape index (κ1) is 40.6. The van der Waals surface area contributed by atoms with Gasteiger partial charge in [-0.3, -0.25) is 20.0 Å². The summed E-state index contributed by atoms with van der Waals surface area (Å²) in [4.78, 5) is 18.9. The van der Waals surface area contributed by atoms with Crippen molar-refractivity contribution in [2.24, 2.45) is 15.0 Å². The number of aliphatic imine (C=N–C) groups is 3. The maximum atomic E-state index is 5.32. The van der Waals surface area contributed by atoms with Crippen LogP contribution in [0.25, 0.3) is 50.5 Å². The molecule has 1 aromatic heterocycles. The van der Waals surface area contributed by atoms with Crippen molar-refractivity contribution >= 4 is 53.1 Å². The third kappa shape index (κ3) is 9.93. The molecule has 0 fully saturated rings. The molecule has 0 saturated carbocycles. The molecule has 7 rings (SSSR count). The Bertz CT molecular complexity index is 2770. The van der Waals surface area contributed by atoms with Gasteiger partial charge in [-0.25, -0.2) is 0 Å². The highest BCUT2D eigenvalue weighted by Gasteiger charge is 2.12. The second-order valence-electron chi connectivity index (χ2n) is 14.2. The standard InChI is InChI=1S/C56H48N4/c1-5-18-49(50-35-28-42(6-2)52(38-50)45-23-14-9-15-24-45)37-51(26-16-25-47-33-34-48-27-17-36-59-56(48)55(47)58-4)54(60-40-41-19-10-7-11-20-41)39-53(57-3)46-31-29-44(30-32-46)43-21-12-8-13-22-43/h5,7-39H,3-4,6,40H2,1-2H3/b18-5+,25-16-,49-37+,51-26+,53-39-,60-54?. The molecule has 0 atom stereocenters. The van der Waals surface area contributed by atoms with Gasteiger partial charge in [0.05, 0.1) is 29.2 Å². The lowest BCUT2D eigenvalue weighted by Gasteiger charge is -2.14. The van der Waals surface area contributed by atoms with E-state index in [-0.39, 0.29) is 0 Å². The molecule has 0 N–H and O–H groups in total. The minimum absolute atomic E-state index is 0.474. The fourth-order valence-electron chi connectivity index (χ4n) is 7.23. The minimum Gasteiger partial charge on any atom is -0.280 e. The third-order valence-electron chi connectivity index (χ3n) is 10.4. The van der Waals surface area contributed by atoms with Gasteiger partial charge in [0.15, 0.2) is 0 Å². The van der Waals surface area contributed by atoms with Crippen LogP contribution in [0.5, 0.6) is 0 Å². The number of hydrogen-bond donors (Lipinski definition) is 0. The van der Waals surface area contributed by atoms with E-state index in [4.69, 9.17) is 4.99 Å². The quantitative estimate of drug-likeness (QED) is 0.0756. The Morgan fingerprint density at radius 2 is 1.37 bits per heavy atom. The van der Waals surface area contributed by atoms with Gasteiger partial charge in [0.2, 0.25) is 0 Å². The molecule has 4 nitrogen and oxygen atoms in total. The molecule has 1 heterocycles. The predicted molar refractivity (Wildman–Crippen MR) is 259 cm³/mol. The van der Waals surface area contributed by atoms with Crippen molar-refractivity contribution < 1.29 is 0 Å². The molecule has 0 amide bonds. The number of aryl methyl sites for hydroxylation is 1. The lowest BCUT2D eigenvalue weighted by Crippen LogP contribution is -2.02. The number of benzene rings is 6. The van der Waals surface area contributed by atoms with Crippen LogP contribution in [0.4, 0.5) is 5.69 Å². The molecule has 6 aromatic carbocycles. The van der Waals surface area contributed by atoms with E-state index in [9.17, 15) is 0 Å². The Labute approximate surface area is 354 Å². The van der Waals surface area contributed by atoms with Crippen molar-refractivity contribution in [2.75, 3.05) is 0 Å². The van der Waals surface area contributed by atoms with Gasteiger partial charge in [-0.2, -0.15) is 0 Å². The normalized spacial score (nSPS) is 12.7. The summed E-state index contributed by atoms with van der Waals surface area (Å²) in [5.74, 6) is 0. The average Bonchev–Trinajstić information content (AvgIpc) is 3.31. The number of aromatic nitrogens is 1. The largest absolute Gasteiger partial charge is 0.280 e. The van der Waals surface area contributed by atoms with Gasteiger partial charge in [0.25, 0.3) is 0 Å². The van der Waals surface area contributed by atoms with Crippen LogP contribution in [0.1, 0.15) is 41.7 Å². The number of fused-ring (bicyclic) bond motifs is 1. The summed E-state index contributed by atoms with van der Waals surface area (Å²) in [6, 6.07) is 54.6. The molecule has 0 radical (unpaired) electrons. The predicted octanol–water partition coefficient (Wildman–Crippen LogP) is 14.4. The van der Waals surface area contributed by atoms with Gasteiger partial charge in [-0.05, 0) is 95.6 Å². The topological polar surface area (TPSA) is 50.0 Å². The van der Waals surface area contributed by atoms with E-state index in [0.717, 1.165) is 78.9 Å². The maximum absolute atomic E-state index is 5.32. The minimum atomic E-state index is 0.474. The van der Waals surface area contributed by atoms with E-state index in [0.29, 0.717) is 6.54 Å². The zero-order valence-electron chi connectivity index (χ0n) is 34.2. The molecule has 60 heavy (non-hydrogen) atoms. The summed E-state index contributed by atoms with van der Waals surface area (Å²) < 4.78 is 0. The van der Waals surface area contributed by atoms with Crippen molar-refractivity contribution in [1.29, 1.82) is 0 Å². The highest BCUT2D eigenvalue weighted by molar-refractivity contribution is 6.15. The van der Waals surface area contributed by atoms with Gasteiger partial charge in [-0.1, -0.05) is 183 Å². The smallest absolute Gasteiger partial charge is 0.0964 e. The second kappa shape index (κ2) is 20.2. The monoisotopic (exact) mass is 776 g/mol. The number of pyridine rings is 1. The Hall–Kier alpha value is -7.56. The molecule has 0 aliphatic carbocycles. The Morgan fingerprint density at radius 3 is 2.05 bits per heavy atom. The van der Waals surface area contributed by atoms with Crippen molar-refractivity contribution in [2.45, 2.75) is 26.8 Å². The van der Waals surface area contributed by atoms with Crippen LogP contribution in [0, 0.1) is 0 Å². The van der Waals surface area contributed by atoms with Crippen LogP contribution in [-0.4, -0.2) is 24.1 Å². The van der Waals surface area contributed by atoms with Gasteiger partial charge >= 0.3 is 0 Å². The summed E-state index contributed by atoms with van der Waals surface area (Å²) in [6.07, 6.45) is 17.4. The molecule has 0 spiro atoms. The van der Waals surface area contributed by atoms with E-state index in [1.807, 2.05) is 42.5 Å². The summed E-state index contributed by atoms with van der Waals surface area (Å²) in [6.45, 7) is 12.7. The maximum Gasteiger partial charge on any atom is 0.0964 e. The average molecular weight is 777 g/mol. The van der Waals surface area contributed by atoms with Crippen LogP contribution in [-0.2, 0) is 13.0 Å². The third-order valence-corrected chi connectivity index (χ3v) is 10.4. The van der Waals surface area contributed by atoms with Crippen molar-refractivity contribution in [3.05, 3.63) is 234 Å². The molecule has 0 unspecified atom stereocenters. The highest BCUT2D eigenvalue weighted by atomic mass is 14.8. The molecule has 0 aliphatic heterocycles. The van der Waals surface area contributed by atoms with Crippen molar-refractivity contribution in [3.63, 3.8) is 0 Å². The van der Waals surface area contributed by atoms with Gasteiger partial charge in [0.1, 0.15) is 0 Å². The molecule has 7 aromatic rings. The van der Waals surface area contributed by atoms with E-state index in [2.05, 4.69) is 200 Å². The second-order valence-corrected chi connectivity index (χ2v) is 14.2. The van der Waals surface area contributed by atoms with E-state index in [1.54, 1.807) is 6.20 Å². The summed E-state index contributed by atoms with van der Waals surface area (Å²) in [5, 5.41) is 1.01. The summed E-state index contributed by atoms with van der Waals surface area (Å²) in [7, 11) is 0. The summed E-state index contributed by atoms with van der Waals surface area (Å²) >= 11 is 0. The van der Waals surface area contributed by atoms with Crippen LogP contribution >= 0.6 is 0 Å². The first-order valence-corrected chi connectivity index (χ1v) is 20.3. The molecule has 0 saturated heterocycles. The molecule has 0 aliphatic rings. The Balaban J connectivity index is 1.41. The molecule has 4 heteroatoms. The zero-order chi connectivity index (χ0) is 41.5. The first-order valence-electron chi connectivity index (χ1n) is 20.3. The number of allylic oxidation sites excluding steroid dienone is 8. The molecular weight excluding hydrogens is 729 g/mol. The Kier molecular flexibility index (Phi) is 13.7. The SMILES string of the molecule is C=N/C(=C\C(=NCc1ccccc1)C(=C/C=C\c1ccc2cccnc2c1N=C)/C=C(\C=C\C)c1ccc(CC)c(-c2ccccc2)c1)c1ccc(-c2ccccc2)cc1. The number of rotatable bonds is 15. The van der Waals surface area contributed by atoms with E-state index in [1.165, 1.54) is 16.7 Å². The highest BCUT2D eigenvalue weighted by Crippen LogP contribution is 2.32. The van der Waals surface area contributed by atoms with Crippen LogP contribution in [0.2, 0.25) is 0 Å². The molecular formula is C56H48N4. The van der Waals surface area contributed by atoms with Crippen LogP contribution < -0.4 is 0 Å². The van der Waals surface area contributed by atoms with E-state index < -0.39 is 0 Å². The molecule has 0 bridgehead atoms. The lowest BCUT2D eigenvalue weighted by molar-refractivity contribution is 1.07. The van der Waals surface area contributed by atoms with Crippen molar-refractivity contribution in [3.8, 4) is 22.3 Å².